The Labute approximate surface area is 144 Å². The Kier molecular flexibility index (Phi) is 4.48. The summed E-state index contributed by atoms with van der Waals surface area (Å²) in [5.74, 6) is 0. The molecule has 3 rings (SSSR count). The molecular formula is C17H16Cl2N2O2. The van der Waals surface area contributed by atoms with Gasteiger partial charge in [0.2, 0.25) is 0 Å². The minimum absolute atomic E-state index is 0.157. The second-order valence-electron chi connectivity index (χ2n) is 5.50. The van der Waals surface area contributed by atoms with Crippen molar-refractivity contribution in [3.05, 3.63) is 63.6 Å². The van der Waals surface area contributed by atoms with Crippen LogP contribution in [0, 0.1) is 0 Å². The fourth-order valence-electron chi connectivity index (χ4n) is 2.86. The van der Waals surface area contributed by atoms with Crippen LogP contribution in [0.5, 0.6) is 0 Å². The normalized spacial score (nSPS) is 20.1. The number of rotatable bonds is 1. The number of nitrogens with zero attached hydrogens (tertiary/aromatic N) is 1. The molecule has 1 heterocycles. The van der Waals surface area contributed by atoms with Crippen molar-refractivity contribution in [3.63, 3.8) is 0 Å². The molecule has 0 unspecified atom stereocenters. The van der Waals surface area contributed by atoms with Crippen LogP contribution in [0.2, 0.25) is 10.0 Å². The van der Waals surface area contributed by atoms with Gasteiger partial charge in [0.15, 0.2) is 0 Å². The molecule has 120 valence electrons. The molecule has 0 aliphatic carbocycles. The van der Waals surface area contributed by atoms with E-state index < -0.39 is 6.10 Å². The van der Waals surface area contributed by atoms with Crippen LogP contribution in [0.3, 0.4) is 0 Å². The summed E-state index contributed by atoms with van der Waals surface area (Å²) < 4.78 is 0. The molecule has 2 aromatic rings. The Hall–Kier alpha value is -1.75. The summed E-state index contributed by atoms with van der Waals surface area (Å²) in [6, 6.07) is 12.1. The number of carbonyl (C=O) groups excluding carboxylic acids is 1. The van der Waals surface area contributed by atoms with Crippen molar-refractivity contribution in [3.8, 4) is 0 Å². The van der Waals surface area contributed by atoms with E-state index in [1.165, 1.54) is 0 Å². The van der Waals surface area contributed by atoms with Crippen LogP contribution in [0.4, 0.5) is 10.5 Å². The van der Waals surface area contributed by atoms with Crippen LogP contribution in [0.15, 0.2) is 42.5 Å². The van der Waals surface area contributed by atoms with E-state index in [9.17, 15) is 9.90 Å². The predicted molar refractivity (Wildman–Crippen MR) is 92.0 cm³/mol. The monoisotopic (exact) mass is 350 g/mol. The quantitative estimate of drug-likeness (QED) is 0.787. The average Bonchev–Trinajstić information content (AvgIpc) is 2.54. The van der Waals surface area contributed by atoms with E-state index in [1.54, 1.807) is 23.1 Å². The predicted octanol–water partition coefficient (Wildman–Crippen LogP) is 4.64. The van der Waals surface area contributed by atoms with Crippen LogP contribution < -0.4 is 5.32 Å². The maximum absolute atomic E-state index is 12.6. The highest BCUT2D eigenvalue weighted by molar-refractivity contribution is 6.39. The van der Waals surface area contributed by atoms with Gasteiger partial charge in [0, 0.05) is 0 Å². The number of anilines is 1. The van der Waals surface area contributed by atoms with Crippen LogP contribution in [-0.4, -0.2) is 22.6 Å². The number of amides is 2. The zero-order valence-electron chi connectivity index (χ0n) is 12.5. The molecule has 0 aromatic heterocycles. The SMILES string of the molecule is C[C@H]1c2ccccc2[C@H](O)CN1C(=O)Nc1c(Cl)cccc1Cl. The zero-order chi connectivity index (χ0) is 16.6. The summed E-state index contributed by atoms with van der Waals surface area (Å²) in [4.78, 5) is 14.2. The zero-order valence-corrected chi connectivity index (χ0v) is 14.0. The molecule has 0 bridgehead atoms. The third-order valence-corrected chi connectivity index (χ3v) is 4.73. The number of aliphatic hydroxyl groups excluding tert-OH is 1. The molecule has 0 saturated heterocycles. The van der Waals surface area contributed by atoms with E-state index in [4.69, 9.17) is 23.2 Å². The highest BCUT2D eigenvalue weighted by Crippen LogP contribution is 2.36. The van der Waals surface area contributed by atoms with E-state index in [2.05, 4.69) is 5.32 Å². The molecule has 2 aromatic carbocycles. The first-order valence-electron chi connectivity index (χ1n) is 7.27. The van der Waals surface area contributed by atoms with E-state index in [1.807, 2.05) is 31.2 Å². The van der Waals surface area contributed by atoms with Crippen LogP contribution >= 0.6 is 23.2 Å². The third kappa shape index (κ3) is 3.02. The Balaban J connectivity index is 1.86. The Morgan fingerprint density at radius 3 is 2.39 bits per heavy atom. The van der Waals surface area contributed by atoms with Gasteiger partial charge in [0.05, 0.1) is 34.4 Å². The average molecular weight is 351 g/mol. The van der Waals surface area contributed by atoms with Gasteiger partial charge in [-0.05, 0) is 30.2 Å². The standard InChI is InChI=1S/C17H16Cl2N2O2/c1-10-11-5-2-3-6-12(11)15(22)9-21(10)17(23)20-16-13(18)7-4-8-14(16)19/h2-8,10,15,22H,9H2,1H3,(H,20,23)/t10-,15+/m0/s1. The first-order chi connectivity index (χ1) is 11.0. The van der Waals surface area contributed by atoms with E-state index >= 15 is 0 Å². The van der Waals surface area contributed by atoms with Crippen molar-refractivity contribution >= 4 is 34.9 Å². The molecule has 0 fully saturated rings. The molecule has 1 aliphatic rings. The second-order valence-corrected chi connectivity index (χ2v) is 6.31. The van der Waals surface area contributed by atoms with E-state index in [0.717, 1.165) is 11.1 Å². The number of hydrogen-bond acceptors (Lipinski definition) is 2. The number of hydrogen-bond donors (Lipinski definition) is 2. The van der Waals surface area contributed by atoms with Crippen molar-refractivity contribution in [1.29, 1.82) is 0 Å². The first kappa shape index (κ1) is 16.1. The summed E-state index contributed by atoms with van der Waals surface area (Å²) in [5.41, 5.74) is 2.17. The minimum atomic E-state index is -0.713. The molecule has 23 heavy (non-hydrogen) atoms. The van der Waals surface area contributed by atoms with Crippen molar-refractivity contribution in [1.82, 2.24) is 4.90 Å². The molecule has 2 amide bonds. The number of halogens is 2. The van der Waals surface area contributed by atoms with Gasteiger partial charge in [0.25, 0.3) is 0 Å². The van der Waals surface area contributed by atoms with Crippen molar-refractivity contribution < 1.29 is 9.90 Å². The smallest absolute Gasteiger partial charge is 0.322 e. The highest BCUT2D eigenvalue weighted by atomic mass is 35.5. The lowest BCUT2D eigenvalue weighted by atomic mass is 9.92. The summed E-state index contributed by atoms with van der Waals surface area (Å²) in [5, 5.41) is 13.8. The van der Waals surface area contributed by atoms with Gasteiger partial charge in [0.1, 0.15) is 0 Å². The number of aliphatic hydroxyl groups is 1. The van der Waals surface area contributed by atoms with Gasteiger partial charge in [-0.1, -0.05) is 53.5 Å². The lowest BCUT2D eigenvalue weighted by molar-refractivity contribution is 0.0933. The molecule has 1 aliphatic heterocycles. The van der Waals surface area contributed by atoms with E-state index in [0.29, 0.717) is 15.7 Å². The molecule has 2 atom stereocenters. The van der Waals surface area contributed by atoms with Crippen LogP contribution in [-0.2, 0) is 0 Å². The summed E-state index contributed by atoms with van der Waals surface area (Å²) in [7, 11) is 0. The van der Waals surface area contributed by atoms with Gasteiger partial charge < -0.3 is 15.3 Å². The fourth-order valence-corrected chi connectivity index (χ4v) is 3.35. The number of benzene rings is 2. The number of para-hydroxylation sites is 1. The lowest BCUT2D eigenvalue weighted by Gasteiger charge is -2.37. The van der Waals surface area contributed by atoms with Gasteiger partial charge in [-0.15, -0.1) is 0 Å². The van der Waals surface area contributed by atoms with Crippen LogP contribution in [0.25, 0.3) is 0 Å². The number of fused-ring (bicyclic) bond motifs is 1. The molecule has 0 saturated carbocycles. The van der Waals surface area contributed by atoms with Gasteiger partial charge >= 0.3 is 6.03 Å². The topological polar surface area (TPSA) is 52.6 Å². The maximum atomic E-state index is 12.6. The number of β-amino-alcohol motifs (C(OH)–C–C–N with tert-alkyl or cyclic N) is 1. The van der Waals surface area contributed by atoms with Gasteiger partial charge in [-0.3, -0.25) is 0 Å². The lowest BCUT2D eigenvalue weighted by Crippen LogP contribution is -2.43. The molecular weight excluding hydrogens is 335 g/mol. The second kappa shape index (κ2) is 6.40. The van der Waals surface area contributed by atoms with Gasteiger partial charge in [-0.2, -0.15) is 0 Å². The van der Waals surface area contributed by atoms with E-state index in [-0.39, 0.29) is 18.6 Å². The molecule has 2 N–H and O–H groups in total. The summed E-state index contributed by atoms with van der Waals surface area (Å²) >= 11 is 12.2. The minimum Gasteiger partial charge on any atom is -0.387 e. The molecule has 6 heteroatoms. The summed E-state index contributed by atoms with van der Waals surface area (Å²) in [6.07, 6.45) is -0.713. The maximum Gasteiger partial charge on any atom is 0.322 e. The Morgan fingerprint density at radius 1 is 1.13 bits per heavy atom. The summed E-state index contributed by atoms with van der Waals surface area (Å²) in [6.45, 7) is 2.14. The van der Waals surface area contributed by atoms with Gasteiger partial charge in [-0.25, -0.2) is 4.79 Å². The van der Waals surface area contributed by atoms with Crippen molar-refractivity contribution in [2.24, 2.45) is 0 Å². The largest absolute Gasteiger partial charge is 0.387 e. The van der Waals surface area contributed by atoms with Crippen molar-refractivity contribution in [2.45, 2.75) is 19.1 Å². The number of urea groups is 1. The third-order valence-electron chi connectivity index (χ3n) is 4.10. The molecule has 4 nitrogen and oxygen atoms in total. The Morgan fingerprint density at radius 2 is 1.74 bits per heavy atom. The van der Waals surface area contributed by atoms with Crippen molar-refractivity contribution in [2.75, 3.05) is 11.9 Å². The first-order valence-corrected chi connectivity index (χ1v) is 8.03. The fraction of sp³-hybridized carbons (Fsp3) is 0.235. The molecule has 0 radical (unpaired) electrons. The number of carbonyl (C=O) groups is 1. The highest BCUT2D eigenvalue weighted by Gasteiger charge is 2.32. The Bertz CT molecular complexity index is 731. The van der Waals surface area contributed by atoms with Crippen LogP contribution in [0.1, 0.15) is 30.2 Å². The molecule has 0 spiro atoms. The number of nitrogens with one attached hydrogen (secondary N) is 1.